The summed E-state index contributed by atoms with van der Waals surface area (Å²) in [4.78, 5) is 17.0. The molecule has 0 spiro atoms. The van der Waals surface area contributed by atoms with E-state index in [0.717, 1.165) is 54.4 Å². The molecule has 1 amide bonds. The molecule has 4 heterocycles. The number of phenols is 1. The number of likely N-dealkylation sites (tertiary alicyclic amines) is 1. The van der Waals surface area contributed by atoms with Crippen molar-refractivity contribution in [1.82, 2.24) is 9.47 Å². The van der Waals surface area contributed by atoms with Gasteiger partial charge >= 0.3 is 0 Å². The fraction of sp³-hybridized carbons (Fsp3) is 0.348. The summed E-state index contributed by atoms with van der Waals surface area (Å²) >= 11 is 3.74. The SMILES string of the molecule is O=C(c1c(-n2cccc2)sc2c1CCSC2)N1CCC(c2ccc(O)cc2)CC1. The molecule has 1 N–H and O–H groups in total. The van der Waals surface area contributed by atoms with Gasteiger partial charge in [-0.25, -0.2) is 0 Å². The van der Waals surface area contributed by atoms with Gasteiger partial charge in [0, 0.05) is 36.1 Å². The monoisotopic (exact) mass is 424 g/mol. The molecule has 0 atom stereocenters. The average molecular weight is 425 g/mol. The molecule has 0 bridgehead atoms. The van der Waals surface area contributed by atoms with E-state index in [9.17, 15) is 9.90 Å². The predicted octanol–water partition coefficient (Wildman–Crippen LogP) is 5.05. The molecule has 29 heavy (non-hydrogen) atoms. The number of thioether (sulfide) groups is 1. The summed E-state index contributed by atoms with van der Waals surface area (Å²) in [5.41, 5.74) is 3.47. The van der Waals surface area contributed by atoms with Crippen LogP contribution in [0.4, 0.5) is 0 Å². The van der Waals surface area contributed by atoms with Crippen molar-refractivity contribution in [2.75, 3.05) is 18.8 Å². The Labute approximate surface area is 179 Å². The maximum atomic E-state index is 13.6. The Kier molecular flexibility index (Phi) is 5.14. The minimum absolute atomic E-state index is 0.197. The Bertz CT molecular complexity index is 1000. The Morgan fingerprint density at radius 2 is 1.79 bits per heavy atom. The molecular formula is C23H24N2O2S2. The van der Waals surface area contributed by atoms with Gasteiger partial charge < -0.3 is 14.6 Å². The maximum Gasteiger partial charge on any atom is 0.257 e. The molecule has 2 aliphatic rings. The summed E-state index contributed by atoms with van der Waals surface area (Å²) in [5, 5.41) is 10.6. The molecule has 4 nitrogen and oxygen atoms in total. The highest BCUT2D eigenvalue weighted by Crippen LogP contribution is 2.39. The Morgan fingerprint density at radius 1 is 1.07 bits per heavy atom. The number of hydrogen-bond acceptors (Lipinski definition) is 4. The largest absolute Gasteiger partial charge is 0.508 e. The van der Waals surface area contributed by atoms with E-state index in [1.807, 2.05) is 53.3 Å². The highest BCUT2D eigenvalue weighted by molar-refractivity contribution is 7.98. The second-order valence-corrected chi connectivity index (χ2v) is 9.92. The van der Waals surface area contributed by atoms with E-state index in [1.54, 1.807) is 23.5 Å². The number of thiophene rings is 1. The van der Waals surface area contributed by atoms with Gasteiger partial charge in [-0.3, -0.25) is 4.79 Å². The Balaban J connectivity index is 1.39. The van der Waals surface area contributed by atoms with E-state index < -0.39 is 0 Å². The van der Waals surface area contributed by atoms with Crippen molar-refractivity contribution < 1.29 is 9.90 Å². The molecule has 2 aromatic heterocycles. The summed E-state index contributed by atoms with van der Waals surface area (Å²) in [6.45, 7) is 1.57. The van der Waals surface area contributed by atoms with Crippen LogP contribution >= 0.6 is 23.1 Å². The van der Waals surface area contributed by atoms with E-state index >= 15 is 0 Å². The number of nitrogens with zero attached hydrogens (tertiary/aromatic N) is 2. The molecule has 3 aromatic rings. The molecule has 5 rings (SSSR count). The topological polar surface area (TPSA) is 45.5 Å². The van der Waals surface area contributed by atoms with E-state index in [4.69, 9.17) is 0 Å². The van der Waals surface area contributed by atoms with Crippen molar-refractivity contribution in [2.45, 2.75) is 30.9 Å². The molecule has 0 unspecified atom stereocenters. The third kappa shape index (κ3) is 3.60. The van der Waals surface area contributed by atoms with Crippen molar-refractivity contribution in [3.05, 3.63) is 70.4 Å². The summed E-state index contributed by atoms with van der Waals surface area (Å²) < 4.78 is 2.10. The summed E-state index contributed by atoms with van der Waals surface area (Å²) in [6.07, 6.45) is 7.01. The number of hydrogen-bond donors (Lipinski definition) is 1. The summed E-state index contributed by atoms with van der Waals surface area (Å²) in [7, 11) is 0. The van der Waals surface area contributed by atoms with Crippen LogP contribution in [0.1, 0.15) is 45.1 Å². The number of aromatic nitrogens is 1. The zero-order chi connectivity index (χ0) is 19.8. The van der Waals surface area contributed by atoms with Crippen molar-refractivity contribution in [3.63, 3.8) is 0 Å². The van der Waals surface area contributed by atoms with Gasteiger partial charge in [0.05, 0.1) is 5.56 Å². The van der Waals surface area contributed by atoms with Crippen molar-refractivity contribution in [3.8, 4) is 10.8 Å². The van der Waals surface area contributed by atoms with Gasteiger partial charge in [-0.15, -0.1) is 11.3 Å². The molecule has 0 radical (unpaired) electrons. The number of carbonyl (C=O) groups is 1. The van der Waals surface area contributed by atoms with E-state index in [0.29, 0.717) is 11.7 Å². The first-order valence-electron chi connectivity index (χ1n) is 10.1. The molecule has 2 aliphatic heterocycles. The van der Waals surface area contributed by atoms with Crippen LogP contribution in [0.25, 0.3) is 5.00 Å². The van der Waals surface area contributed by atoms with Crippen LogP contribution in [0.2, 0.25) is 0 Å². The Morgan fingerprint density at radius 3 is 2.52 bits per heavy atom. The minimum atomic E-state index is 0.197. The zero-order valence-corrected chi connectivity index (χ0v) is 17.8. The first-order valence-corrected chi connectivity index (χ1v) is 12.1. The van der Waals surface area contributed by atoms with Crippen LogP contribution in [0, 0.1) is 0 Å². The van der Waals surface area contributed by atoms with Crippen LogP contribution < -0.4 is 0 Å². The first kappa shape index (κ1) is 18.8. The van der Waals surface area contributed by atoms with Crippen LogP contribution in [-0.4, -0.2) is 39.3 Å². The number of aromatic hydroxyl groups is 1. The van der Waals surface area contributed by atoms with Gasteiger partial charge in [-0.1, -0.05) is 12.1 Å². The van der Waals surface area contributed by atoms with E-state index in [1.165, 1.54) is 16.0 Å². The second-order valence-electron chi connectivity index (χ2n) is 7.73. The fourth-order valence-corrected chi connectivity index (χ4v) is 6.85. The predicted molar refractivity (Wildman–Crippen MR) is 119 cm³/mol. The van der Waals surface area contributed by atoms with Crippen molar-refractivity contribution >= 4 is 29.0 Å². The lowest BCUT2D eigenvalue weighted by molar-refractivity contribution is 0.0712. The highest BCUT2D eigenvalue weighted by Gasteiger charge is 2.31. The van der Waals surface area contributed by atoms with Gasteiger partial charge in [0.15, 0.2) is 0 Å². The summed E-state index contributed by atoms with van der Waals surface area (Å²) in [5.74, 6) is 3.07. The number of rotatable bonds is 3. The highest BCUT2D eigenvalue weighted by atomic mass is 32.2. The average Bonchev–Trinajstić information content (AvgIpc) is 3.42. The van der Waals surface area contributed by atoms with Gasteiger partial charge in [0.2, 0.25) is 0 Å². The second kappa shape index (κ2) is 7.92. The smallest absolute Gasteiger partial charge is 0.257 e. The Hall–Kier alpha value is -2.18. The third-order valence-electron chi connectivity index (χ3n) is 6.00. The first-order chi connectivity index (χ1) is 14.2. The molecule has 1 fully saturated rings. The molecular weight excluding hydrogens is 400 g/mol. The molecule has 0 saturated carbocycles. The third-order valence-corrected chi connectivity index (χ3v) is 8.41. The maximum absolute atomic E-state index is 13.6. The zero-order valence-electron chi connectivity index (χ0n) is 16.2. The molecule has 6 heteroatoms. The van der Waals surface area contributed by atoms with E-state index in [2.05, 4.69) is 4.57 Å². The molecule has 0 aliphatic carbocycles. The number of phenolic OH excluding ortho intramolecular Hbond substituents is 1. The van der Waals surface area contributed by atoms with Gasteiger partial charge in [0.25, 0.3) is 5.91 Å². The van der Waals surface area contributed by atoms with Crippen LogP contribution in [0.3, 0.4) is 0 Å². The lowest BCUT2D eigenvalue weighted by Gasteiger charge is -2.33. The normalized spacial score (nSPS) is 17.3. The van der Waals surface area contributed by atoms with Crippen molar-refractivity contribution in [1.29, 1.82) is 0 Å². The van der Waals surface area contributed by atoms with E-state index in [-0.39, 0.29) is 5.91 Å². The van der Waals surface area contributed by atoms with Gasteiger partial charge in [-0.05, 0) is 66.3 Å². The molecule has 1 saturated heterocycles. The number of amides is 1. The number of benzene rings is 1. The van der Waals surface area contributed by atoms with Gasteiger partial charge in [-0.2, -0.15) is 11.8 Å². The van der Waals surface area contributed by atoms with Crippen LogP contribution in [0.15, 0.2) is 48.8 Å². The summed E-state index contributed by atoms with van der Waals surface area (Å²) in [6, 6.07) is 11.6. The molecule has 150 valence electrons. The van der Waals surface area contributed by atoms with Gasteiger partial charge in [0.1, 0.15) is 10.8 Å². The number of piperidine rings is 1. The number of fused-ring (bicyclic) bond motifs is 1. The quantitative estimate of drug-likeness (QED) is 0.640. The van der Waals surface area contributed by atoms with Crippen molar-refractivity contribution in [2.24, 2.45) is 0 Å². The number of carbonyl (C=O) groups excluding carboxylic acids is 1. The van der Waals surface area contributed by atoms with Crippen LogP contribution in [0.5, 0.6) is 5.75 Å². The lowest BCUT2D eigenvalue weighted by Crippen LogP contribution is -2.38. The minimum Gasteiger partial charge on any atom is -0.508 e. The fourth-order valence-electron chi connectivity index (χ4n) is 4.41. The van der Waals surface area contributed by atoms with Crippen LogP contribution in [-0.2, 0) is 12.2 Å². The molecule has 1 aromatic carbocycles. The standard InChI is InChI=1S/C23H24N2O2S2/c26-18-5-3-16(4-6-18)17-7-12-24(13-8-17)22(27)21-19-9-14-28-15-20(19)29-23(21)25-10-1-2-11-25/h1-6,10-11,17,26H,7-9,12-15H2. The lowest BCUT2D eigenvalue weighted by atomic mass is 9.89.